The van der Waals surface area contributed by atoms with Crippen LogP contribution in [0, 0.1) is 5.41 Å². The molecular weight excluding hydrogens is 360 g/mol. The number of benzene rings is 1. The third-order valence-corrected chi connectivity index (χ3v) is 4.82. The zero-order valence-corrected chi connectivity index (χ0v) is 13.8. The van der Waals surface area contributed by atoms with Crippen molar-refractivity contribution in [3.63, 3.8) is 0 Å². The first-order chi connectivity index (χ1) is 9.83. The highest BCUT2D eigenvalue weighted by Gasteiger charge is 2.45. The van der Waals surface area contributed by atoms with Crippen LogP contribution in [0.3, 0.4) is 0 Å². The van der Waals surface area contributed by atoms with Crippen LogP contribution in [-0.4, -0.2) is 23.1 Å². The van der Waals surface area contributed by atoms with Gasteiger partial charge in [0.2, 0.25) is 0 Å². The molecule has 1 saturated carbocycles. The number of nitrogens with one attached hydrogen (secondary N) is 2. The van der Waals surface area contributed by atoms with Gasteiger partial charge >= 0.3 is 12.0 Å². The summed E-state index contributed by atoms with van der Waals surface area (Å²) in [4.78, 5) is 23.4. The molecule has 2 rings (SSSR count). The number of halogens is 2. The van der Waals surface area contributed by atoms with Crippen molar-refractivity contribution in [1.82, 2.24) is 5.32 Å². The van der Waals surface area contributed by atoms with Crippen molar-refractivity contribution in [2.24, 2.45) is 5.41 Å². The lowest BCUT2D eigenvalue weighted by molar-refractivity contribution is -0.148. The van der Waals surface area contributed by atoms with E-state index in [-0.39, 0.29) is 6.04 Å². The average molecular weight is 376 g/mol. The van der Waals surface area contributed by atoms with Crippen LogP contribution >= 0.6 is 27.5 Å². The van der Waals surface area contributed by atoms with E-state index in [0.717, 1.165) is 6.42 Å². The minimum Gasteiger partial charge on any atom is -0.481 e. The molecule has 5 nitrogen and oxygen atoms in total. The van der Waals surface area contributed by atoms with Crippen LogP contribution in [0.5, 0.6) is 0 Å². The third-order valence-electron chi connectivity index (χ3n) is 3.93. The summed E-state index contributed by atoms with van der Waals surface area (Å²) in [7, 11) is 0. The Morgan fingerprint density at radius 2 is 2.19 bits per heavy atom. The summed E-state index contributed by atoms with van der Waals surface area (Å²) in [6.07, 6.45) is 2.02. The molecule has 0 aliphatic heterocycles. The van der Waals surface area contributed by atoms with Gasteiger partial charge < -0.3 is 15.7 Å². The van der Waals surface area contributed by atoms with Crippen LogP contribution in [0.4, 0.5) is 10.5 Å². The van der Waals surface area contributed by atoms with Crippen LogP contribution < -0.4 is 10.6 Å². The number of anilines is 1. The van der Waals surface area contributed by atoms with E-state index < -0.39 is 17.4 Å². The third kappa shape index (κ3) is 3.49. The summed E-state index contributed by atoms with van der Waals surface area (Å²) in [5.74, 6) is -0.877. The minimum absolute atomic E-state index is 0.374. The number of urea groups is 1. The molecule has 0 saturated heterocycles. The molecule has 21 heavy (non-hydrogen) atoms. The highest BCUT2D eigenvalue weighted by atomic mass is 79.9. The van der Waals surface area contributed by atoms with Crippen molar-refractivity contribution in [1.29, 1.82) is 0 Å². The van der Waals surface area contributed by atoms with Crippen molar-refractivity contribution in [2.75, 3.05) is 5.32 Å². The van der Waals surface area contributed by atoms with Gasteiger partial charge in [0.25, 0.3) is 0 Å². The maximum absolute atomic E-state index is 12.0. The summed E-state index contributed by atoms with van der Waals surface area (Å²) >= 11 is 9.15. The number of hydrogen-bond donors (Lipinski definition) is 3. The highest BCUT2D eigenvalue weighted by molar-refractivity contribution is 9.10. The molecule has 2 unspecified atom stereocenters. The Balaban J connectivity index is 2.03. The number of aliphatic carboxylic acids is 1. The molecule has 2 amide bonds. The molecule has 3 N–H and O–H groups in total. The number of carbonyl (C=O) groups excluding carboxylic acids is 1. The van der Waals surface area contributed by atoms with E-state index >= 15 is 0 Å². The van der Waals surface area contributed by atoms with Crippen molar-refractivity contribution in [3.05, 3.63) is 27.7 Å². The monoisotopic (exact) mass is 374 g/mol. The van der Waals surface area contributed by atoms with Crippen LogP contribution in [0.2, 0.25) is 5.02 Å². The lowest BCUT2D eigenvalue weighted by atomic mass is 9.85. The Bertz CT molecular complexity index is 581. The van der Waals surface area contributed by atoms with Gasteiger partial charge in [-0.05, 0) is 53.9 Å². The molecule has 1 aliphatic carbocycles. The second-order valence-electron chi connectivity index (χ2n) is 5.39. The van der Waals surface area contributed by atoms with Crippen molar-refractivity contribution in [2.45, 2.75) is 32.2 Å². The summed E-state index contributed by atoms with van der Waals surface area (Å²) in [6, 6.07) is 4.22. The second-order valence-corrected chi connectivity index (χ2v) is 6.68. The number of rotatable bonds is 3. The quantitative estimate of drug-likeness (QED) is 0.750. The predicted octanol–water partition coefficient (Wildman–Crippen LogP) is 3.87. The second kappa shape index (κ2) is 6.23. The molecule has 1 aromatic carbocycles. The molecule has 0 heterocycles. The van der Waals surface area contributed by atoms with Gasteiger partial charge in [-0.25, -0.2) is 4.79 Å². The smallest absolute Gasteiger partial charge is 0.319 e. The number of carboxylic acid groups (broad SMARTS) is 1. The van der Waals surface area contributed by atoms with E-state index in [1.54, 1.807) is 25.1 Å². The first kappa shape index (κ1) is 16.1. The Labute approximate surface area is 136 Å². The molecule has 1 aliphatic rings. The fourth-order valence-electron chi connectivity index (χ4n) is 2.56. The summed E-state index contributed by atoms with van der Waals surface area (Å²) < 4.78 is 0.664. The normalized spacial score (nSPS) is 24.6. The van der Waals surface area contributed by atoms with Crippen molar-refractivity contribution < 1.29 is 14.7 Å². The molecule has 1 fully saturated rings. The Hall–Kier alpha value is -1.27. The predicted molar refractivity (Wildman–Crippen MR) is 84.7 cm³/mol. The van der Waals surface area contributed by atoms with E-state index in [1.807, 2.05) is 0 Å². The topological polar surface area (TPSA) is 78.4 Å². The number of carbonyl (C=O) groups is 2. The van der Waals surface area contributed by atoms with E-state index in [2.05, 4.69) is 26.6 Å². The van der Waals surface area contributed by atoms with Crippen LogP contribution in [0.1, 0.15) is 26.2 Å². The molecular formula is C14H16BrClN2O3. The minimum atomic E-state index is -0.908. The number of carboxylic acids is 1. The van der Waals surface area contributed by atoms with Gasteiger partial charge in [-0.15, -0.1) is 0 Å². The van der Waals surface area contributed by atoms with Gasteiger partial charge in [-0.2, -0.15) is 0 Å². The molecule has 2 atom stereocenters. The molecule has 7 heteroatoms. The molecule has 114 valence electrons. The molecule has 0 aromatic heterocycles. The van der Waals surface area contributed by atoms with E-state index in [9.17, 15) is 14.7 Å². The fraction of sp³-hybridized carbons (Fsp3) is 0.429. The fourth-order valence-corrected chi connectivity index (χ4v) is 3.34. The average Bonchev–Trinajstić information content (AvgIpc) is 2.76. The lowest BCUT2D eigenvalue weighted by Crippen LogP contribution is -2.48. The Kier molecular flexibility index (Phi) is 4.78. The molecule has 0 radical (unpaired) electrons. The Morgan fingerprint density at radius 3 is 2.81 bits per heavy atom. The number of amides is 2. The lowest BCUT2D eigenvalue weighted by Gasteiger charge is -2.27. The maximum atomic E-state index is 12.0. The Morgan fingerprint density at radius 1 is 1.48 bits per heavy atom. The molecule has 1 aromatic rings. The number of hydrogen-bond acceptors (Lipinski definition) is 2. The van der Waals surface area contributed by atoms with E-state index in [0.29, 0.717) is 28.0 Å². The molecule has 0 spiro atoms. The van der Waals surface area contributed by atoms with Gasteiger partial charge in [0.05, 0.1) is 11.1 Å². The van der Waals surface area contributed by atoms with Gasteiger partial charge in [0, 0.05) is 15.5 Å². The van der Waals surface area contributed by atoms with Crippen molar-refractivity contribution in [3.8, 4) is 0 Å². The standard InChI is InChI=1S/C14H16BrClN2O3/c1-14(12(19)20)6-2-3-11(14)18-13(21)17-10-5-4-8(16)7-9(10)15/h4-5,7,11H,2-3,6H2,1H3,(H,19,20)(H2,17,18,21). The van der Waals surface area contributed by atoms with Crippen LogP contribution in [0.15, 0.2) is 22.7 Å². The SMILES string of the molecule is CC1(C(=O)O)CCCC1NC(=O)Nc1ccc(Cl)cc1Br. The van der Waals surface area contributed by atoms with Crippen LogP contribution in [0.25, 0.3) is 0 Å². The zero-order chi connectivity index (χ0) is 15.6. The molecule has 0 bridgehead atoms. The summed E-state index contributed by atoms with van der Waals surface area (Å²) in [6.45, 7) is 1.67. The highest BCUT2D eigenvalue weighted by Crippen LogP contribution is 2.38. The first-order valence-electron chi connectivity index (χ1n) is 6.59. The van der Waals surface area contributed by atoms with Crippen molar-refractivity contribution >= 4 is 45.2 Å². The van der Waals surface area contributed by atoms with Gasteiger partial charge in [-0.3, -0.25) is 4.79 Å². The summed E-state index contributed by atoms with van der Waals surface area (Å²) in [5.41, 5.74) is -0.332. The zero-order valence-electron chi connectivity index (χ0n) is 11.5. The van der Waals surface area contributed by atoms with E-state index in [1.165, 1.54) is 0 Å². The van der Waals surface area contributed by atoms with Gasteiger partial charge in [0.1, 0.15) is 0 Å². The maximum Gasteiger partial charge on any atom is 0.319 e. The van der Waals surface area contributed by atoms with Gasteiger partial charge in [0.15, 0.2) is 0 Å². The van der Waals surface area contributed by atoms with Gasteiger partial charge in [-0.1, -0.05) is 18.0 Å². The largest absolute Gasteiger partial charge is 0.481 e. The van der Waals surface area contributed by atoms with E-state index in [4.69, 9.17) is 11.6 Å². The van der Waals surface area contributed by atoms with Crippen LogP contribution in [-0.2, 0) is 4.79 Å². The first-order valence-corrected chi connectivity index (χ1v) is 7.76. The summed E-state index contributed by atoms with van der Waals surface area (Å²) in [5, 5.41) is 15.3.